The lowest BCUT2D eigenvalue weighted by molar-refractivity contribution is -0.139. The minimum Gasteiger partial charge on any atom is -0.479 e. The number of carbonyl (C=O) groups is 2. The highest BCUT2D eigenvalue weighted by atomic mass is 16.5. The third-order valence-corrected chi connectivity index (χ3v) is 1.92. The van der Waals surface area contributed by atoms with E-state index < -0.39 is 18.1 Å². The standard InChI is InChI=1S/C11H13NO4/c1-2-16-11(15)12-9(10(13)14)8-6-4-3-5-7-8/h3-7,9H,2H2,1H3,(H,12,15)(H,13,14)/t9-/m0/s1. The van der Waals surface area contributed by atoms with E-state index in [2.05, 4.69) is 10.1 Å². The number of aliphatic carboxylic acids is 1. The van der Waals surface area contributed by atoms with Crippen LogP contribution in [0.2, 0.25) is 0 Å². The van der Waals surface area contributed by atoms with Gasteiger partial charge in [-0.05, 0) is 12.5 Å². The second-order valence-electron chi connectivity index (χ2n) is 3.05. The zero-order valence-corrected chi connectivity index (χ0v) is 8.84. The van der Waals surface area contributed by atoms with E-state index in [1.165, 1.54) is 0 Å². The Morgan fingerprint density at radius 1 is 1.38 bits per heavy atom. The number of alkyl carbamates (subject to hydrolysis) is 1. The average molecular weight is 223 g/mol. The molecule has 0 fully saturated rings. The highest BCUT2D eigenvalue weighted by Crippen LogP contribution is 2.12. The van der Waals surface area contributed by atoms with Gasteiger partial charge in [0.1, 0.15) is 0 Å². The van der Waals surface area contributed by atoms with Gasteiger partial charge in [0.2, 0.25) is 0 Å². The lowest BCUT2D eigenvalue weighted by Crippen LogP contribution is -2.34. The van der Waals surface area contributed by atoms with Crippen LogP contribution in [0.25, 0.3) is 0 Å². The maximum absolute atomic E-state index is 11.1. The molecule has 0 unspecified atom stereocenters. The third kappa shape index (κ3) is 3.27. The van der Waals surface area contributed by atoms with Gasteiger partial charge in [-0.25, -0.2) is 9.59 Å². The smallest absolute Gasteiger partial charge is 0.408 e. The third-order valence-electron chi connectivity index (χ3n) is 1.92. The van der Waals surface area contributed by atoms with Crippen LogP contribution in [-0.2, 0) is 9.53 Å². The monoisotopic (exact) mass is 223 g/mol. The van der Waals surface area contributed by atoms with Crippen LogP contribution in [0.15, 0.2) is 30.3 Å². The van der Waals surface area contributed by atoms with Gasteiger partial charge >= 0.3 is 12.1 Å². The van der Waals surface area contributed by atoms with Crippen LogP contribution in [0.5, 0.6) is 0 Å². The Hall–Kier alpha value is -2.04. The molecule has 0 saturated carbocycles. The van der Waals surface area contributed by atoms with Crippen molar-refractivity contribution in [1.82, 2.24) is 5.32 Å². The molecule has 1 aromatic rings. The van der Waals surface area contributed by atoms with Crippen LogP contribution >= 0.6 is 0 Å². The van der Waals surface area contributed by atoms with Gasteiger partial charge < -0.3 is 15.2 Å². The fourth-order valence-electron chi connectivity index (χ4n) is 1.22. The van der Waals surface area contributed by atoms with Gasteiger partial charge in [0, 0.05) is 0 Å². The van der Waals surface area contributed by atoms with Crippen molar-refractivity contribution >= 4 is 12.1 Å². The van der Waals surface area contributed by atoms with E-state index in [-0.39, 0.29) is 6.61 Å². The summed E-state index contributed by atoms with van der Waals surface area (Å²) in [4.78, 5) is 22.1. The number of rotatable bonds is 4. The lowest BCUT2D eigenvalue weighted by Gasteiger charge is -2.14. The molecule has 86 valence electrons. The fraction of sp³-hybridized carbons (Fsp3) is 0.273. The van der Waals surface area contributed by atoms with Crippen LogP contribution in [0, 0.1) is 0 Å². The molecule has 0 aromatic heterocycles. The minimum atomic E-state index is -1.13. The molecule has 5 nitrogen and oxygen atoms in total. The molecule has 2 N–H and O–H groups in total. The fourth-order valence-corrected chi connectivity index (χ4v) is 1.22. The maximum atomic E-state index is 11.1. The first-order valence-corrected chi connectivity index (χ1v) is 4.86. The molecule has 0 saturated heterocycles. The Balaban J connectivity index is 2.77. The van der Waals surface area contributed by atoms with Gasteiger partial charge in [0.15, 0.2) is 6.04 Å². The Morgan fingerprint density at radius 2 is 2.00 bits per heavy atom. The van der Waals surface area contributed by atoms with E-state index in [0.717, 1.165) is 0 Å². The quantitative estimate of drug-likeness (QED) is 0.812. The molecule has 0 aliphatic carbocycles. The number of nitrogens with one attached hydrogen (secondary N) is 1. The van der Waals surface area contributed by atoms with Gasteiger partial charge in [-0.1, -0.05) is 30.3 Å². The molecule has 1 amide bonds. The Bertz CT molecular complexity index is 364. The zero-order valence-electron chi connectivity index (χ0n) is 8.84. The van der Waals surface area contributed by atoms with E-state index in [0.29, 0.717) is 5.56 Å². The predicted molar refractivity (Wildman–Crippen MR) is 57.0 cm³/mol. The first-order valence-electron chi connectivity index (χ1n) is 4.86. The van der Waals surface area contributed by atoms with E-state index in [4.69, 9.17) is 5.11 Å². The number of amides is 1. The van der Waals surface area contributed by atoms with E-state index >= 15 is 0 Å². The van der Waals surface area contributed by atoms with Gasteiger partial charge in [0.25, 0.3) is 0 Å². The molecule has 0 bridgehead atoms. The summed E-state index contributed by atoms with van der Waals surface area (Å²) >= 11 is 0. The number of carbonyl (C=O) groups excluding carboxylic acids is 1. The lowest BCUT2D eigenvalue weighted by atomic mass is 10.1. The zero-order chi connectivity index (χ0) is 12.0. The molecule has 1 aromatic carbocycles. The molecule has 0 radical (unpaired) electrons. The Kier molecular flexibility index (Phi) is 4.32. The highest BCUT2D eigenvalue weighted by Gasteiger charge is 2.21. The number of benzene rings is 1. The van der Waals surface area contributed by atoms with E-state index in [1.807, 2.05) is 0 Å². The first kappa shape index (κ1) is 12.0. The predicted octanol–water partition coefficient (Wildman–Crippen LogP) is 1.56. The van der Waals surface area contributed by atoms with Crippen LogP contribution in [0.3, 0.4) is 0 Å². The number of ether oxygens (including phenoxy) is 1. The van der Waals surface area contributed by atoms with E-state index in [9.17, 15) is 9.59 Å². The van der Waals surface area contributed by atoms with Gasteiger partial charge in [-0.2, -0.15) is 0 Å². The molecule has 1 rings (SSSR count). The number of hydrogen-bond donors (Lipinski definition) is 2. The number of hydrogen-bond acceptors (Lipinski definition) is 3. The number of carboxylic acid groups (broad SMARTS) is 1. The van der Waals surface area contributed by atoms with Crippen molar-refractivity contribution in [3.63, 3.8) is 0 Å². The average Bonchev–Trinajstić information content (AvgIpc) is 2.27. The number of carboxylic acids is 1. The molecular weight excluding hydrogens is 210 g/mol. The summed E-state index contributed by atoms with van der Waals surface area (Å²) in [5.41, 5.74) is 0.503. The highest BCUT2D eigenvalue weighted by molar-refractivity contribution is 5.81. The van der Waals surface area contributed by atoms with Crippen LogP contribution < -0.4 is 5.32 Å². The molecule has 16 heavy (non-hydrogen) atoms. The molecule has 1 atom stereocenters. The SMILES string of the molecule is CCOC(=O)N[C@H](C(=O)O)c1ccccc1. The molecular formula is C11H13NO4. The van der Waals surface area contributed by atoms with Crippen molar-refractivity contribution in [2.45, 2.75) is 13.0 Å². The Labute approximate surface area is 93.0 Å². The molecule has 0 heterocycles. The van der Waals surface area contributed by atoms with Gasteiger partial charge in [0.05, 0.1) is 6.61 Å². The summed E-state index contributed by atoms with van der Waals surface area (Å²) in [6, 6.07) is 7.36. The van der Waals surface area contributed by atoms with Crippen LogP contribution in [-0.4, -0.2) is 23.8 Å². The van der Waals surface area contributed by atoms with E-state index in [1.54, 1.807) is 37.3 Å². The normalized spacial score (nSPS) is 11.6. The van der Waals surface area contributed by atoms with Crippen molar-refractivity contribution in [2.75, 3.05) is 6.61 Å². The topological polar surface area (TPSA) is 75.6 Å². The van der Waals surface area contributed by atoms with Crippen molar-refractivity contribution in [1.29, 1.82) is 0 Å². The first-order chi connectivity index (χ1) is 7.65. The molecule has 0 spiro atoms. The summed E-state index contributed by atoms with van der Waals surface area (Å²) in [5.74, 6) is -1.13. The van der Waals surface area contributed by atoms with Crippen molar-refractivity contribution in [3.05, 3.63) is 35.9 Å². The summed E-state index contributed by atoms with van der Waals surface area (Å²) in [5, 5.41) is 11.2. The van der Waals surface area contributed by atoms with Crippen LogP contribution in [0.1, 0.15) is 18.5 Å². The summed E-state index contributed by atoms with van der Waals surface area (Å²) in [6.07, 6.45) is -0.737. The van der Waals surface area contributed by atoms with Crippen molar-refractivity contribution < 1.29 is 19.4 Å². The second-order valence-corrected chi connectivity index (χ2v) is 3.05. The van der Waals surface area contributed by atoms with Gasteiger partial charge in [-0.15, -0.1) is 0 Å². The second kappa shape index (κ2) is 5.75. The van der Waals surface area contributed by atoms with Crippen LogP contribution in [0.4, 0.5) is 4.79 Å². The summed E-state index contributed by atoms with van der Waals surface area (Å²) < 4.78 is 4.63. The summed E-state index contributed by atoms with van der Waals surface area (Å²) in [6.45, 7) is 1.85. The van der Waals surface area contributed by atoms with Crippen molar-refractivity contribution in [3.8, 4) is 0 Å². The summed E-state index contributed by atoms with van der Waals surface area (Å²) in [7, 11) is 0. The molecule has 5 heteroatoms. The largest absolute Gasteiger partial charge is 0.479 e. The van der Waals surface area contributed by atoms with Crippen molar-refractivity contribution in [2.24, 2.45) is 0 Å². The minimum absolute atomic E-state index is 0.201. The Morgan fingerprint density at radius 3 is 2.50 bits per heavy atom. The molecule has 0 aliphatic rings. The molecule has 0 aliphatic heterocycles. The maximum Gasteiger partial charge on any atom is 0.408 e. The van der Waals surface area contributed by atoms with Gasteiger partial charge in [-0.3, -0.25) is 0 Å².